The van der Waals surface area contributed by atoms with Crippen molar-refractivity contribution in [3.8, 4) is 0 Å². The number of nitrogens with zero attached hydrogens (tertiary/aromatic N) is 2. The van der Waals surface area contributed by atoms with E-state index in [1.54, 1.807) is 12.4 Å². The van der Waals surface area contributed by atoms with E-state index >= 15 is 0 Å². The van der Waals surface area contributed by atoms with Crippen molar-refractivity contribution >= 4 is 5.91 Å². The molecule has 5 nitrogen and oxygen atoms in total. The minimum atomic E-state index is -0.757. The van der Waals surface area contributed by atoms with Crippen LogP contribution in [0, 0.1) is 12.8 Å². The van der Waals surface area contributed by atoms with Gasteiger partial charge in [0.05, 0.1) is 6.04 Å². The van der Waals surface area contributed by atoms with Gasteiger partial charge in [-0.05, 0) is 68.3 Å². The lowest BCUT2D eigenvalue weighted by molar-refractivity contribution is -0.123. The Bertz CT molecular complexity index is 823. The van der Waals surface area contributed by atoms with Crippen LogP contribution in [0.2, 0.25) is 0 Å². The lowest BCUT2D eigenvalue weighted by Gasteiger charge is -2.29. The standard InChI is InChI=1S/C24H31N3O2/c1-17-10-21(15-25-14-17)24(29)22(16-27-8-4-5-9-27)26-23(28)13-18-11-19-6-2-3-7-20(19)12-18/h2-3,6-7,10,14-15,18,22,24,29H,4-5,8-9,11-13,16H2,1H3,(H,26,28)/t22-,24-/m1/s1. The van der Waals surface area contributed by atoms with E-state index in [4.69, 9.17) is 0 Å². The molecule has 1 aliphatic carbocycles. The largest absolute Gasteiger partial charge is 0.386 e. The first-order valence-corrected chi connectivity index (χ1v) is 10.8. The van der Waals surface area contributed by atoms with Crippen LogP contribution in [-0.4, -0.2) is 46.6 Å². The Morgan fingerprint density at radius 3 is 2.55 bits per heavy atom. The number of rotatable bonds is 7. The molecule has 5 heteroatoms. The third-order valence-electron chi connectivity index (χ3n) is 6.23. The van der Waals surface area contributed by atoms with E-state index in [-0.39, 0.29) is 11.9 Å². The molecule has 2 aliphatic rings. The molecule has 0 spiro atoms. The molecule has 29 heavy (non-hydrogen) atoms. The molecule has 2 N–H and O–H groups in total. The van der Waals surface area contributed by atoms with Gasteiger partial charge in [-0.15, -0.1) is 0 Å². The van der Waals surface area contributed by atoms with Crippen LogP contribution >= 0.6 is 0 Å². The number of likely N-dealkylation sites (tertiary alicyclic amines) is 1. The molecular weight excluding hydrogens is 362 g/mol. The summed E-state index contributed by atoms with van der Waals surface area (Å²) in [5.41, 5.74) is 4.51. The van der Waals surface area contributed by atoms with Crippen molar-refractivity contribution in [1.82, 2.24) is 15.2 Å². The van der Waals surface area contributed by atoms with Crippen LogP contribution in [-0.2, 0) is 17.6 Å². The van der Waals surface area contributed by atoms with Gasteiger partial charge in [-0.3, -0.25) is 9.78 Å². The zero-order chi connectivity index (χ0) is 20.2. The van der Waals surface area contributed by atoms with Crippen LogP contribution in [0.4, 0.5) is 0 Å². The summed E-state index contributed by atoms with van der Waals surface area (Å²) in [6.07, 6.45) is 7.52. The number of aryl methyl sites for hydroxylation is 1. The number of nitrogens with one attached hydrogen (secondary N) is 1. The second kappa shape index (κ2) is 9.06. The number of aliphatic hydroxyl groups excluding tert-OH is 1. The summed E-state index contributed by atoms with van der Waals surface area (Å²) in [5.74, 6) is 0.379. The predicted molar refractivity (Wildman–Crippen MR) is 113 cm³/mol. The van der Waals surface area contributed by atoms with Crippen molar-refractivity contribution in [2.45, 2.75) is 51.2 Å². The van der Waals surface area contributed by atoms with Gasteiger partial charge in [0.1, 0.15) is 6.10 Å². The molecule has 2 aromatic rings. The Morgan fingerprint density at radius 1 is 1.21 bits per heavy atom. The highest BCUT2D eigenvalue weighted by Crippen LogP contribution is 2.29. The molecule has 1 aromatic carbocycles. The number of hydrogen-bond acceptors (Lipinski definition) is 4. The highest BCUT2D eigenvalue weighted by molar-refractivity contribution is 5.77. The molecule has 1 aromatic heterocycles. The molecule has 4 rings (SSSR count). The molecule has 0 unspecified atom stereocenters. The summed E-state index contributed by atoms with van der Waals surface area (Å²) in [5, 5.41) is 14.2. The SMILES string of the molecule is Cc1cncc([C@@H](O)[C@@H](CN2CCCC2)NC(=O)CC2Cc3ccccc3C2)c1. The first kappa shape index (κ1) is 20.0. The Hall–Kier alpha value is -2.24. The number of pyridine rings is 1. The second-order valence-electron chi connectivity index (χ2n) is 8.67. The minimum absolute atomic E-state index is 0.0339. The molecule has 1 amide bonds. The summed E-state index contributed by atoms with van der Waals surface area (Å²) < 4.78 is 0. The van der Waals surface area contributed by atoms with Crippen LogP contribution < -0.4 is 5.32 Å². The number of hydrogen-bond donors (Lipinski definition) is 2. The summed E-state index contributed by atoms with van der Waals surface area (Å²) in [6.45, 7) is 4.70. The zero-order valence-electron chi connectivity index (χ0n) is 17.2. The molecule has 1 aliphatic heterocycles. The zero-order valence-corrected chi connectivity index (χ0v) is 17.2. The van der Waals surface area contributed by atoms with Crippen LogP contribution in [0.5, 0.6) is 0 Å². The molecule has 2 heterocycles. The maximum atomic E-state index is 12.9. The third-order valence-corrected chi connectivity index (χ3v) is 6.23. The van der Waals surface area contributed by atoms with Crippen LogP contribution in [0.3, 0.4) is 0 Å². The van der Waals surface area contributed by atoms with Gasteiger partial charge < -0.3 is 15.3 Å². The summed E-state index contributed by atoms with van der Waals surface area (Å²) in [4.78, 5) is 19.4. The fraction of sp³-hybridized carbons (Fsp3) is 0.500. The maximum Gasteiger partial charge on any atom is 0.220 e. The van der Waals surface area contributed by atoms with Crippen molar-refractivity contribution in [3.63, 3.8) is 0 Å². The second-order valence-corrected chi connectivity index (χ2v) is 8.67. The quantitative estimate of drug-likeness (QED) is 0.759. The molecule has 1 saturated heterocycles. The number of aromatic nitrogens is 1. The van der Waals surface area contributed by atoms with Crippen molar-refractivity contribution in [2.24, 2.45) is 5.92 Å². The molecule has 1 fully saturated rings. The number of amides is 1. The van der Waals surface area contributed by atoms with E-state index in [1.165, 1.54) is 24.0 Å². The van der Waals surface area contributed by atoms with E-state index in [1.807, 2.05) is 13.0 Å². The summed E-state index contributed by atoms with van der Waals surface area (Å²) >= 11 is 0. The maximum absolute atomic E-state index is 12.9. The topological polar surface area (TPSA) is 65.5 Å². The van der Waals surface area contributed by atoms with E-state index in [0.717, 1.165) is 37.1 Å². The molecule has 0 bridgehead atoms. The monoisotopic (exact) mass is 393 g/mol. The van der Waals surface area contributed by atoms with Gasteiger partial charge in [0, 0.05) is 30.9 Å². The molecule has 2 atom stereocenters. The van der Waals surface area contributed by atoms with E-state index in [2.05, 4.69) is 39.5 Å². The van der Waals surface area contributed by atoms with E-state index < -0.39 is 6.10 Å². The van der Waals surface area contributed by atoms with Gasteiger partial charge in [0.15, 0.2) is 0 Å². The fourth-order valence-corrected chi connectivity index (χ4v) is 4.76. The number of aliphatic hydroxyl groups is 1. The van der Waals surface area contributed by atoms with Crippen molar-refractivity contribution in [1.29, 1.82) is 0 Å². The fourth-order valence-electron chi connectivity index (χ4n) is 4.76. The average molecular weight is 394 g/mol. The Kier molecular flexibility index (Phi) is 6.26. The number of carbonyl (C=O) groups is 1. The number of benzene rings is 1. The molecule has 0 radical (unpaired) electrons. The highest BCUT2D eigenvalue weighted by atomic mass is 16.3. The molecule has 154 valence electrons. The van der Waals surface area contributed by atoms with Gasteiger partial charge in [0.2, 0.25) is 5.91 Å². The van der Waals surface area contributed by atoms with Crippen LogP contribution in [0.15, 0.2) is 42.7 Å². The number of fused-ring (bicyclic) bond motifs is 1. The number of carbonyl (C=O) groups excluding carboxylic acids is 1. The first-order chi connectivity index (χ1) is 14.1. The predicted octanol–water partition coefficient (Wildman–Crippen LogP) is 2.81. The Balaban J connectivity index is 1.41. The van der Waals surface area contributed by atoms with Crippen LogP contribution in [0.1, 0.15) is 47.6 Å². The smallest absolute Gasteiger partial charge is 0.220 e. The van der Waals surface area contributed by atoms with Crippen LogP contribution in [0.25, 0.3) is 0 Å². The van der Waals surface area contributed by atoms with Gasteiger partial charge in [-0.2, -0.15) is 0 Å². The van der Waals surface area contributed by atoms with Gasteiger partial charge in [-0.25, -0.2) is 0 Å². The van der Waals surface area contributed by atoms with Gasteiger partial charge >= 0.3 is 0 Å². The first-order valence-electron chi connectivity index (χ1n) is 10.8. The summed E-state index contributed by atoms with van der Waals surface area (Å²) in [7, 11) is 0. The van der Waals surface area contributed by atoms with E-state index in [9.17, 15) is 9.90 Å². The molecular formula is C24H31N3O2. The Labute approximate surface area is 173 Å². The third kappa shape index (κ3) is 5.03. The van der Waals surface area contributed by atoms with Crippen molar-refractivity contribution < 1.29 is 9.90 Å². The van der Waals surface area contributed by atoms with Gasteiger partial charge in [-0.1, -0.05) is 30.3 Å². The Morgan fingerprint density at radius 2 is 1.90 bits per heavy atom. The minimum Gasteiger partial charge on any atom is -0.386 e. The van der Waals surface area contributed by atoms with Crippen molar-refractivity contribution in [2.75, 3.05) is 19.6 Å². The summed E-state index contributed by atoms with van der Waals surface area (Å²) in [6, 6.07) is 10.1. The van der Waals surface area contributed by atoms with Crippen molar-refractivity contribution in [3.05, 3.63) is 65.0 Å². The average Bonchev–Trinajstić information content (AvgIpc) is 3.35. The normalized spacial score (nSPS) is 19.1. The highest BCUT2D eigenvalue weighted by Gasteiger charge is 2.29. The lowest BCUT2D eigenvalue weighted by atomic mass is 9.99. The molecule has 0 saturated carbocycles. The van der Waals surface area contributed by atoms with E-state index in [0.29, 0.717) is 18.9 Å². The lowest BCUT2D eigenvalue weighted by Crippen LogP contribution is -2.47. The van der Waals surface area contributed by atoms with Gasteiger partial charge in [0.25, 0.3) is 0 Å².